The van der Waals surface area contributed by atoms with Crippen LogP contribution >= 0.6 is 0 Å². The van der Waals surface area contributed by atoms with Gasteiger partial charge in [-0.25, -0.2) is 13.2 Å². The quantitative estimate of drug-likeness (QED) is 0.777. The highest BCUT2D eigenvalue weighted by Gasteiger charge is 2.35. The van der Waals surface area contributed by atoms with Crippen molar-refractivity contribution in [3.8, 4) is 0 Å². The Morgan fingerprint density at radius 1 is 1.07 bits per heavy atom. The van der Waals surface area contributed by atoms with Crippen molar-refractivity contribution < 1.29 is 35.6 Å². The number of amides is 3. The Morgan fingerprint density at radius 3 is 2.34 bits per heavy atom. The van der Waals surface area contributed by atoms with Crippen molar-refractivity contribution in [2.24, 2.45) is 0 Å². The van der Waals surface area contributed by atoms with Gasteiger partial charge < -0.3 is 20.0 Å². The second kappa shape index (κ2) is 7.78. The first-order valence-electron chi connectivity index (χ1n) is 8.38. The van der Waals surface area contributed by atoms with E-state index >= 15 is 0 Å². The van der Waals surface area contributed by atoms with Crippen LogP contribution < -0.4 is 10.6 Å². The normalized spacial score (nSPS) is 16.3. The smallest absolute Gasteiger partial charge is 0.418 e. The standard InChI is InChI=1S/C17H16F3N3O5S/c18-17(19,20)12-10-11(21-15(24)14-2-1-7-28-14)3-4-13(12)22-16(25)23-5-8-29(26,27)9-6-23/h1-4,7,10H,5-6,8-9H2,(H,21,24)(H,22,25). The van der Waals surface area contributed by atoms with Crippen LogP contribution in [0.4, 0.5) is 29.3 Å². The maximum atomic E-state index is 13.5. The van der Waals surface area contributed by atoms with E-state index in [1.54, 1.807) is 0 Å². The molecule has 0 bridgehead atoms. The molecule has 12 heteroatoms. The van der Waals surface area contributed by atoms with Crippen molar-refractivity contribution in [1.29, 1.82) is 0 Å². The molecule has 0 unspecified atom stereocenters. The lowest BCUT2D eigenvalue weighted by molar-refractivity contribution is -0.136. The summed E-state index contributed by atoms with van der Waals surface area (Å²) in [5.41, 5.74) is -1.81. The van der Waals surface area contributed by atoms with Crippen LogP contribution in [0.5, 0.6) is 0 Å². The van der Waals surface area contributed by atoms with Gasteiger partial charge in [-0.15, -0.1) is 0 Å². The molecule has 1 saturated heterocycles. The zero-order valence-corrected chi connectivity index (χ0v) is 15.6. The van der Waals surface area contributed by atoms with Gasteiger partial charge in [0.05, 0.1) is 29.0 Å². The summed E-state index contributed by atoms with van der Waals surface area (Å²) in [6.07, 6.45) is -3.56. The Balaban J connectivity index is 1.78. The molecule has 2 aromatic rings. The molecule has 29 heavy (non-hydrogen) atoms. The molecule has 2 N–H and O–H groups in total. The number of nitrogens with zero attached hydrogens (tertiary/aromatic N) is 1. The molecular formula is C17H16F3N3O5S. The first-order valence-corrected chi connectivity index (χ1v) is 10.2. The van der Waals surface area contributed by atoms with Crippen LogP contribution in [0.2, 0.25) is 0 Å². The van der Waals surface area contributed by atoms with Gasteiger partial charge in [-0.1, -0.05) is 0 Å². The van der Waals surface area contributed by atoms with Gasteiger partial charge in [-0.05, 0) is 30.3 Å². The van der Waals surface area contributed by atoms with E-state index in [2.05, 4.69) is 10.6 Å². The fourth-order valence-electron chi connectivity index (χ4n) is 2.68. The van der Waals surface area contributed by atoms with E-state index in [4.69, 9.17) is 4.42 Å². The highest BCUT2D eigenvalue weighted by Crippen LogP contribution is 2.37. The van der Waals surface area contributed by atoms with Crippen molar-refractivity contribution in [3.63, 3.8) is 0 Å². The number of sulfone groups is 1. The number of hydrogen-bond donors (Lipinski definition) is 2. The summed E-state index contributed by atoms with van der Waals surface area (Å²) in [5, 5.41) is 4.45. The van der Waals surface area contributed by atoms with Crippen molar-refractivity contribution in [3.05, 3.63) is 47.9 Å². The first-order chi connectivity index (χ1) is 13.5. The number of halogens is 3. The van der Waals surface area contributed by atoms with Crippen LogP contribution in [0, 0.1) is 0 Å². The Labute approximate surface area is 163 Å². The number of alkyl halides is 3. The van der Waals surface area contributed by atoms with Crippen molar-refractivity contribution in [1.82, 2.24) is 4.90 Å². The molecule has 2 heterocycles. The van der Waals surface area contributed by atoms with Crippen molar-refractivity contribution >= 4 is 33.2 Å². The van der Waals surface area contributed by atoms with E-state index in [1.165, 1.54) is 24.5 Å². The van der Waals surface area contributed by atoms with Gasteiger partial charge in [-0.2, -0.15) is 13.2 Å². The molecule has 1 aromatic carbocycles. The summed E-state index contributed by atoms with van der Waals surface area (Å²) >= 11 is 0. The number of anilines is 2. The summed E-state index contributed by atoms with van der Waals surface area (Å²) < 4.78 is 68.1. The van der Waals surface area contributed by atoms with Crippen molar-refractivity contribution in [2.45, 2.75) is 6.18 Å². The lowest BCUT2D eigenvalue weighted by atomic mass is 10.1. The third-order valence-electron chi connectivity index (χ3n) is 4.20. The molecule has 3 rings (SSSR count). The number of benzene rings is 1. The Bertz CT molecular complexity index is 1010. The molecule has 1 fully saturated rings. The predicted molar refractivity (Wildman–Crippen MR) is 97.4 cm³/mol. The van der Waals surface area contributed by atoms with Gasteiger partial charge in [0.25, 0.3) is 5.91 Å². The van der Waals surface area contributed by atoms with Crippen LogP contribution in [-0.2, 0) is 16.0 Å². The van der Waals surface area contributed by atoms with Gasteiger partial charge in [-0.3, -0.25) is 4.79 Å². The summed E-state index contributed by atoms with van der Waals surface area (Å²) in [6.45, 7) is -0.209. The largest absolute Gasteiger partial charge is 0.459 e. The summed E-state index contributed by atoms with van der Waals surface area (Å²) in [7, 11) is -3.24. The molecule has 1 aliphatic rings. The molecule has 8 nitrogen and oxygen atoms in total. The van der Waals surface area contributed by atoms with E-state index in [0.29, 0.717) is 6.07 Å². The zero-order valence-electron chi connectivity index (χ0n) is 14.8. The summed E-state index contributed by atoms with van der Waals surface area (Å²) in [5.74, 6) is -1.29. The molecule has 1 aliphatic heterocycles. The number of urea groups is 1. The molecule has 1 aromatic heterocycles. The lowest BCUT2D eigenvalue weighted by Gasteiger charge is -2.27. The predicted octanol–water partition coefficient (Wildman–Crippen LogP) is 2.81. The lowest BCUT2D eigenvalue weighted by Crippen LogP contribution is -2.45. The minimum Gasteiger partial charge on any atom is -0.459 e. The van der Waals surface area contributed by atoms with Gasteiger partial charge in [0, 0.05) is 18.8 Å². The Hall–Kier alpha value is -3.02. The molecular weight excluding hydrogens is 415 g/mol. The zero-order chi connectivity index (χ0) is 21.2. The Kier molecular flexibility index (Phi) is 5.55. The molecule has 0 spiro atoms. The van der Waals surface area contributed by atoms with E-state index in [0.717, 1.165) is 11.0 Å². The average Bonchev–Trinajstić information content (AvgIpc) is 3.16. The average molecular weight is 431 g/mol. The van der Waals surface area contributed by atoms with Crippen LogP contribution in [0.1, 0.15) is 16.1 Å². The number of rotatable bonds is 3. The minimum absolute atomic E-state index is 0.0732. The van der Waals surface area contributed by atoms with Crippen LogP contribution in [0.15, 0.2) is 41.0 Å². The Morgan fingerprint density at radius 2 is 1.76 bits per heavy atom. The second-order valence-electron chi connectivity index (χ2n) is 6.26. The first kappa shape index (κ1) is 20.7. The third kappa shape index (κ3) is 5.08. The molecule has 0 atom stereocenters. The molecule has 3 amide bonds. The topological polar surface area (TPSA) is 109 Å². The van der Waals surface area contributed by atoms with Crippen molar-refractivity contribution in [2.75, 3.05) is 35.2 Å². The number of carbonyl (C=O) groups excluding carboxylic acids is 2. The van der Waals surface area contributed by atoms with E-state index in [1.807, 2.05) is 0 Å². The fraction of sp³-hybridized carbons (Fsp3) is 0.294. The molecule has 0 saturated carbocycles. The second-order valence-corrected chi connectivity index (χ2v) is 8.56. The van der Waals surface area contributed by atoms with E-state index in [9.17, 15) is 31.2 Å². The van der Waals surface area contributed by atoms with Gasteiger partial charge in [0.2, 0.25) is 0 Å². The van der Waals surface area contributed by atoms with E-state index < -0.39 is 39.2 Å². The van der Waals surface area contributed by atoms with E-state index in [-0.39, 0.29) is 36.0 Å². The maximum Gasteiger partial charge on any atom is 0.418 e. The number of nitrogens with one attached hydrogen (secondary N) is 2. The monoisotopic (exact) mass is 431 g/mol. The SMILES string of the molecule is O=C(Nc1ccc(NC(=O)N2CCS(=O)(=O)CC2)c(C(F)(F)F)c1)c1ccco1. The molecule has 156 valence electrons. The molecule has 0 radical (unpaired) electrons. The summed E-state index contributed by atoms with van der Waals surface area (Å²) in [6, 6.07) is 4.88. The minimum atomic E-state index is -4.81. The number of hydrogen-bond acceptors (Lipinski definition) is 5. The molecule has 0 aliphatic carbocycles. The van der Waals surface area contributed by atoms with Crippen LogP contribution in [0.25, 0.3) is 0 Å². The van der Waals surface area contributed by atoms with Crippen LogP contribution in [-0.4, -0.2) is 49.9 Å². The highest BCUT2D eigenvalue weighted by atomic mass is 32.2. The highest BCUT2D eigenvalue weighted by molar-refractivity contribution is 7.91. The maximum absolute atomic E-state index is 13.5. The van der Waals surface area contributed by atoms with Gasteiger partial charge in [0.1, 0.15) is 0 Å². The number of carbonyl (C=O) groups is 2. The van der Waals surface area contributed by atoms with Gasteiger partial charge >= 0.3 is 12.2 Å². The van der Waals surface area contributed by atoms with Gasteiger partial charge in [0.15, 0.2) is 15.6 Å². The number of furan rings is 1. The fourth-order valence-corrected chi connectivity index (χ4v) is 3.88. The third-order valence-corrected chi connectivity index (χ3v) is 5.81. The van der Waals surface area contributed by atoms with Crippen LogP contribution in [0.3, 0.4) is 0 Å². The summed E-state index contributed by atoms with van der Waals surface area (Å²) in [4.78, 5) is 25.3.